The summed E-state index contributed by atoms with van der Waals surface area (Å²) in [5, 5.41) is 10.4. The lowest BCUT2D eigenvalue weighted by atomic mass is 10.1. The molecule has 90 valence electrons. The van der Waals surface area contributed by atoms with E-state index < -0.39 is 0 Å². The minimum Gasteiger partial charge on any atom is -0.392 e. The van der Waals surface area contributed by atoms with Gasteiger partial charge in [0.1, 0.15) is 0 Å². The molecule has 18 heavy (non-hydrogen) atoms. The van der Waals surface area contributed by atoms with Crippen molar-refractivity contribution in [3.63, 3.8) is 0 Å². The average Bonchev–Trinajstić information content (AvgIpc) is 2.83. The molecule has 3 heteroatoms. The summed E-state index contributed by atoms with van der Waals surface area (Å²) in [6, 6.07) is 12.1. The minimum atomic E-state index is 0.0776. The fourth-order valence-electron chi connectivity index (χ4n) is 2.25. The van der Waals surface area contributed by atoms with Gasteiger partial charge in [0, 0.05) is 36.0 Å². The summed E-state index contributed by atoms with van der Waals surface area (Å²) in [6.07, 6.45) is 5.71. The fraction of sp³-hybridized carbons (Fsp3) is 0.133. The van der Waals surface area contributed by atoms with Crippen molar-refractivity contribution < 1.29 is 5.11 Å². The molecule has 2 heterocycles. The zero-order valence-electron chi connectivity index (χ0n) is 9.95. The summed E-state index contributed by atoms with van der Waals surface area (Å²) in [6.45, 7) is 0.875. The zero-order chi connectivity index (χ0) is 12.4. The van der Waals surface area contributed by atoms with E-state index in [1.165, 1.54) is 5.56 Å². The lowest BCUT2D eigenvalue weighted by Crippen LogP contribution is -1.98. The Morgan fingerprint density at radius 2 is 2.06 bits per heavy atom. The van der Waals surface area contributed by atoms with Crippen molar-refractivity contribution in [3.8, 4) is 0 Å². The minimum absolute atomic E-state index is 0.0776. The number of aliphatic hydroxyl groups is 1. The molecule has 3 nitrogen and oxygen atoms in total. The number of aliphatic hydroxyl groups excluding tert-OH is 1. The van der Waals surface area contributed by atoms with E-state index in [-0.39, 0.29) is 6.61 Å². The van der Waals surface area contributed by atoms with Crippen molar-refractivity contribution >= 4 is 10.9 Å². The van der Waals surface area contributed by atoms with E-state index in [0.717, 1.165) is 23.0 Å². The summed E-state index contributed by atoms with van der Waals surface area (Å²) < 4.78 is 2.17. The molecule has 0 saturated heterocycles. The van der Waals surface area contributed by atoms with Crippen LogP contribution < -0.4 is 0 Å². The Bertz CT molecular complexity index is 659. The number of aromatic nitrogens is 2. The molecule has 0 amide bonds. The topological polar surface area (TPSA) is 38.0 Å². The van der Waals surface area contributed by atoms with Gasteiger partial charge in [0.15, 0.2) is 0 Å². The van der Waals surface area contributed by atoms with Gasteiger partial charge < -0.3 is 9.67 Å². The van der Waals surface area contributed by atoms with Crippen LogP contribution in [0.1, 0.15) is 11.1 Å². The molecule has 0 saturated carbocycles. The number of fused-ring (bicyclic) bond motifs is 1. The Balaban J connectivity index is 2.03. The zero-order valence-corrected chi connectivity index (χ0v) is 9.95. The highest BCUT2D eigenvalue weighted by Crippen LogP contribution is 2.21. The Kier molecular flexibility index (Phi) is 2.82. The van der Waals surface area contributed by atoms with Gasteiger partial charge in [0.05, 0.1) is 6.61 Å². The molecule has 3 aromatic rings. The predicted molar refractivity (Wildman–Crippen MR) is 71.2 cm³/mol. The van der Waals surface area contributed by atoms with Crippen LogP contribution in [0.15, 0.2) is 55.0 Å². The first-order chi connectivity index (χ1) is 8.88. The molecule has 0 aliphatic carbocycles. The quantitative estimate of drug-likeness (QED) is 0.761. The van der Waals surface area contributed by atoms with Gasteiger partial charge in [-0.05, 0) is 29.3 Å². The highest BCUT2D eigenvalue weighted by Gasteiger charge is 2.05. The van der Waals surface area contributed by atoms with E-state index in [4.69, 9.17) is 0 Å². The summed E-state index contributed by atoms with van der Waals surface area (Å²) >= 11 is 0. The smallest absolute Gasteiger partial charge is 0.0688 e. The first-order valence-corrected chi connectivity index (χ1v) is 5.95. The van der Waals surface area contributed by atoms with Gasteiger partial charge in [-0.25, -0.2) is 0 Å². The van der Waals surface area contributed by atoms with Crippen molar-refractivity contribution in [1.29, 1.82) is 0 Å². The van der Waals surface area contributed by atoms with Crippen molar-refractivity contribution in [2.45, 2.75) is 13.2 Å². The van der Waals surface area contributed by atoms with E-state index in [9.17, 15) is 5.11 Å². The van der Waals surface area contributed by atoms with Crippen molar-refractivity contribution in [3.05, 3.63) is 66.1 Å². The van der Waals surface area contributed by atoms with Crippen LogP contribution >= 0.6 is 0 Å². The second kappa shape index (κ2) is 4.63. The molecule has 1 N–H and O–H groups in total. The maximum atomic E-state index is 9.32. The standard InChI is InChI=1S/C15H14N2O/c18-11-13-4-1-5-15-14(13)6-8-17(15)10-12-3-2-7-16-9-12/h1-9,18H,10-11H2. The second-order valence-corrected chi connectivity index (χ2v) is 4.31. The number of hydrogen-bond acceptors (Lipinski definition) is 2. The Morgan fingerprint density at radius 3 is 2.83 bits per heavy atom. The third kappa shape index (κ3) is 1.89. The Hall–Kier alpha value is -2.13. The van der Waals surface area contributed by atoms with Gasteiger partial charge in [-0.3, -0.25) is 4.98 Å². The Labute approximate surface area is 105 Å². The molecule has 0 fully saturated rings. The third-order valence-corrected chi connectivity index (χ3v) is 3.15. The number of pyridine rings is 1. The van der Waals surface area contributed by atoms with E-state index >= 15 is 0 Å². The highest BCUT2D eigenvalue weighted by molar-refractivity contribution is 5.83. The molecule has 0 spiro atoms. The van der Waals surface area contributed by atoms with Crippen LogP contribution in [-0.2, 0) is 13.2 Å². The normalized spacial score (nSPS) is 10.9. The van der Waals surface area contributed by atoms with E-state index in [1.54, 1.807) is 6.20 Å². The molecular weight excluding hydrogens is 224 g/mol. The van der Waals surface area contributed by atoms with Crippen molar-refractivity contribution in [1.82, 2.24) is 9.55 Å². The lowest BCUT2D eigenvalue weighted by molar-refractivity contribution is 0.283. The first kappa shape index (κ1) is 11.0. The maximum absolute atomic E-state index is 9.32. The molecule has 0 radical (unpaired) electrons. The summed E-state index contributed by atoms with van der Waals surface area (Å²) in [4.78, 5) is 4.13. The SMILES string of the molecule is OCc1cccc2c1ccn2Cc1cccnc1. The summed E-state index contributed by atoms with van der Waals surface area (Å²) in [5.74, 6) is 0. The van der Waals surface area contributed by atoms with Gasteiger partial charge in [-0.1, -0.05) is 18.2 Å². The van der Waals surface area contributed by atoms with E-state index in [2.05, 4.69) is 33.9 Å². The van der Waals surface area contributed by atoms with Gasteiger partial charge in [0.2, 0.25) is 0 Å². The predicted octanol–water partition coefficient (Wildman–Crippen LogP) is 2.58. The number of rotatable bonds is 3. The van der Waals surface area contributed by atoms with Crippen LogP contribution in [0.3, 0.4) is 0 Å². The van der Waals surface area contributed by atoms with Crippen LogP contribution in [-0.4, -0.2) is 14.7 Å². The summed E-state index contributed by atoms with van der Waals surface area (Å²) in [7, 11) is 0. The number of hydrogen-bond donors (Lipinski definition) is 1. The lowest BCUT2D eigenvalue weighted by Gasteiger charge is -2.06. The van der Waals surface area contributed by atoms with Crippen molar-refractivity contribution in [2.24, 2.45) is 0 Å². The second-order valence-electron chi connectivity index (χ2n) is 4.31. The average molecular weight is 238 g/mol. The van der Waals surface area contributed by atoms with Crippen LogP contribution in [0.5, 0.6) is 0 Å². The maximum Gasteiger partial charge on any atom is 0.0688 e. The van der Waals surface area contributed by atoms with Gasteiger partial charge >= 0.3 is 0 Å². The van der Waals surface area contributed by atoms with Crippen LogP contribution in [0, 0.1) is 0 Å². The van der Waals surface area contributed by atoms with Crippen LogP contribution in [0.4, 0.5) is 0 Å². The van der Waals surface area contributed by atoms with E-state index in [1.807, 2.05) is 24.4 Å². The van der Waals surface area contributed by atoms with Crippen LogP contribution in [0.2, 0.25) is 0 Å². The summed E-state index contributed by atoms with van der Waals surface area (Å²) in [5.41, 5.74) is 3.28. The molecule has 0 aliphatic heterocycles. The third-order valence-electron chi connectivity index (χ3n) is 3.15. The van der Waals surface area contributed by atoms with Crippen LogP contribution in [0.25, 0.3) is 10.9 Å². The fourth-order valence-corrected chi connectivity index (χ4v) is 2.25. The molecule has 1 aromatic carbocycles. The highest BCUT2D eigenvalue weighted by atomic mass is 16.3. The van der Waals surface area contributed by atoms with E-state index in [0.29, 0.717) is 0 Å². The largest absolute Gasteiger partial charge is 0.392 e. The number of nitrogens with zero attached hydrogens (tertiary/aromatic N) is 2. The molecule has 2 aromatic heterocycles. The van der Waals surface area contributed by atoms with Gasteiger partial charge in [0.25, 0.3) is 0 Å². The van der Waals surface area contributed by atoms with Gasteiger partial charge in [-0.15, -0.1) is 0 Å². The molecule has 0 atom stereocenters. The van der Waals surface area contributed by atoms with Crippen molar-refractivity contribution in [2.75, 3.05) is 0 Å². The molecular formula is C15H14N2O. The number of benzene rings is 1. The van der Waals surface area contributed by atoms with Gasteiger partial charge in [-0.2, -0.15) is 0 Å². The first-order valence-electron chi connectivity index (χ1n) is 5.95. The monoisotopic (exact) mass is 238 g/mol. The molecule has 0 bridgehead atoms. The molecule has 0 unspecified atom stereocenters. The molecule has 0 aliphatic rings. The molecule has 3 rings (SSSR count). The Morgan fingerprint density at radius 1 is 1.11 bits per heavy atom.